The van der Waals surface area contributed by atoms with Crippen molar-refractivity contribution in [1.82, 2.24) is 20.6 Å². The highest BCUT2D eigenvalue weighted by atomic mass is 16.6. The number of aromatic nitrogens is 3. The largest absolute Gasteiger partial charge is 0.477 e. The van der Waals surface area contributed by atoms with E-state index in [9.17, 15) is 14.9 Å². The first-order valence-electron chi connectivity index (χ1n) is 18.3. The normalized spacial score (nSPS) is 14.9. The molecule has 2 aromatic heterocycles. The molecule has 270 valence electrons. The maximum Gasteiger partial charge on any atom is 0.354 e. The Bertz CT molecular complexity index is 1450. The minimum absolute atomic E-state index is 0.0498. The van der Waals surface area contributed by atoms with Crippen LogP contribution in [0.4, 0.5) is 17.1 Å². The molecule has 1 atom stereocenters. The van der Waals surface area contributed by atoms with Gasteiger partial charge in [-0.15, -0.1) is 0 Å². The molecule has 0 unspecified atom stereocenters. The van der Waals surface area contributed by atoms with Crippen molar-refractivity contribution in [1.29, 1.82) is 0 Å². The van der Waals surface area contributed by atoms with Crippen molar-refractivity contribution < 1.29 is 24.2 Å². The molecule has 2 fully saturated rings. The summed E-state index contributed by atoms with van der Waals surface area (Å²) >= 11 is 0. The van der Waals surface area contributed by atoms with Crippen LogP contribution < -0.4 is 20.3 Å². The van der Waals surface area contributed by atoms with E-state index in [0.717, 1.165) is 38.3 Å². The Morgan fingerprint density at radius 1 is 1.04 bits per heavy atom. The van der Waals surface area contributed by atoms with Crippen LogP contribution >= 0.6 is 0 Å². The molecule has 3 N–H and O–H groups in total. The zero-order valence-corrected chi connectivity index (χ0v) is 29.5. The van der Waals surface area contributed by atoms with Crippen molar-refractivity contribution in [3.8, 4) is 5.88 Å². The second kappa shape index (κ2) is 19.9. The average molecular weight is 682 g/mol. The highest BCUT2D eigenvalue weighted by molar-refractivity contribution is 5.93. The van der Waals surface area contributed by atoms with E-state index in [1.165, 1.54) is 83.1 Å². The number of carboxylic acid groups (broad SMARTS) is 1. The van der Waals surface area contributed by atoms with Crippen molar-refractivity contribution in [3.63, 3.8) is 0 Å². The molecule has 1 saturated carbocycles. The standard InChI is InChI=1S/C22H37N5O3.C14H18N2O3/c1-4-5-6-7-8-9-10-11-14-23-18(15-17(2)3)16-24-19-12-13-20(27(28)29)22-21(19)25-30-26-22;17-14(18)11-5-6-12(16-7-1-2-8-16)13(15-11)19-9-10-3-4-10/h12-13,17-18,23-24H,4-11,14-16H2,1-3H3;5-6,10H,1-4,7-9H2,(H,17,18)/t18-;/m0./s1. The number of benzene rings is 1. The van der Waals surface area contributed by atoms with Gasteiger partial charge in [-0.2, -0.15) is 0 Å². The van der Waals surface area contributed by atoms with Gasteiger partial charge in [0, 0.05) is 31.7 Å². The van der Waals surface area contributed by atoms with Gasteiger partial charge in [0.1, 0.15) is 0 Å². The summed E-state index contributed by atoms with van der Waals surface area (Å²) in [6.45, 7) is 11.1. The topological polar surface area (TPSA) is 169 Å². The molecule has 49 heavy (non-hydrogen) atoms. The fourth-order valence-electron chi connectivity index (χ4n) is 6.09. The van der Waals surface area contributed by atoms with Gasteiger partial charge in [-0.25, -0.2) is 14.4 Å². The summed E-state index contributed by atoms with van der Waals surface area (Å²) in [5.74, 6) is 0.674. The van der Waals surface area contributed by atoms with E-state index >= 15 is 0 Å². The summed E-state index contributed by atoms with van der Waals surface area (Å²) in [7, 11) is 0. The molecule has 1 aliphatic heterocycles. The molecular formula is C36H55N7O6. The van der Waals surface area contributed by atoms with Gasteiger partial charge in [0.2, 0.25) is 11.4 Å². The zero-order chi connectivity index (χ0) is 35.0. The number of nitro groups is 1. The van der Waals surface area contributed by atoms with Gasteiger partial charge in [0.25, 0.3) is 0 Å². The van der Waals surface area contributed by atoms with Gasteiger partial charge < -0.3 is 25.4 Å². The molecule has 13 heteroatoms. The van der Waals surface area contributed by atoms with Crippen LogP contribution in [0.2, 0.25) is 0 Å². The van der Waals surface area contributed by atoms with Crippen molar-refractivity contribution in [2.75, 3.05) is 43.0 Å². The summed E-state index contributed by atoms with van der Waals surface area (Å²) in [4.78, 5) is 28.0. The van der Waals surface area contributed by atoms with Crippen LogP contribution in [0.3, 0.4) is 0 Å². The maximum atomic E-state index is 11.1. The van der Waals surface area contributed by atoms with Crippen molar-refractivity contribution in [3.05, 3.63) is 40.1 Å². The fourth-order valence-corrected chi connectivity index (χ4v) is 6.09. The monoisotopic (exact) mass is 681 g/mol. The summed E-state index contributed by atoms with van der Waals surface area (Å²) in [6, 6.07) is 6.82. The van der Waals surface area contributed by atoms with E-state index < -0.39 is 10.9 Å². The number of ether oxygens (including phenoxy) is 1. The quantitative estimate of drug-likeness (QED) is 0.0566. The molecule has 0 bridgehead atoms. The first kappa shape index (κ1) is 37.8. The molecule has 1 aromatic carbocycles. The molecule has 0 spiro atoms. The molecular weight excluding hydrogens is 626 g/mol. The van der Waals surface area contributed by atoms with Crippen molar-refractivity contribution in [2.45, 2.75) is 110 Å². The SMILES string of the molecule is CCCCCCCCCCN[C@H](CNc1ccc([N+](=O)[O-])c2nonc12)CC(C)C.O=C(O)c1ccc(N2CCCC2)c(OCC2CC2)n1. The molecule has 2 aliphatic rings. The zero-order valence-electron chi connectivity index (χ0n) is 29.5. The number of anilines is 2. The molecule has 3 heterocycles. The lowest BCUT2D eigenvalue weighted by Crippen LogP contribution is -2.37. The number of nitrogens with zero attached hydrogens (tertiary/aromatic N) is 5. The number of aromatic carboxylic acids is 1. The fraction of sp³-hybridized carbons (Fsp3) is 0.667. The van der Waals surface area contributed by atoms with Crippen molar-refractivity contribution >= 4 is 34.1 Å². The predicted octanol–water partition coefficient (Wildman–Crippen LogP) is 7.86. The third-order valence-corrected chi connectivity index (χ3v) is 9.01. The van der Waals surface area contributed by atoms with Crippen LogP contribution in [0.5, 0.6) is 5.88 Å². The number of non-ortho nitro benzene ring substituents is 1. The highest BCUT2D eigenvalue weighted by Crippen LogP contribution is 2.34. The Labute approximate surface area is 289 Å². The minimum Gasteiger partial charge on any atom is -0.477 e. The molecule has 3 aromatic rings. The number of unbranched alkanes of at least 4 members (excludes halogenated alkanes) is 7. The first-order chi connectivity index (χ1) is 23.8. The smallest absolute Gasteiger partial charge is 0.354 e. The Morgan fingerprint density at radius 3 is 2.39 bits per heavy atom. The van der Waals surface area contributed by atoms with Gasteiger partial charge in [0.05, 0.1) is 22.9 Å². The molecule has 0 amide bonds. The number of carboxylic acids is 1. The molecule has 1 aliphatic carbocycles. The number of nitrogens with one attached hydrogen (secondary N) is 2. The van der Waals surface area contributed by atoms with Crippen LogP contribution in [-0.2, 0) is 0 Å². The van der Waals surface area contributed by atoms with Crippen LogP contribution in [0.15, 0.2) is 28.9 Å². The number of fused-ring (bicyclic) bond motifs is 1. The number of rotatable bonds is 21. The Morgan fingerprint density at radius 2 is 1.73 bits per heavy atom. The first-order valence-corrected chi connectivity index (χ1v) is 18.3. The molecule has 0 radical (unpaired) electrons. The van der Waals surface area contributed by atoms with E-state index in [-0.39, 0.29) is 16.9 Å². The summed E-state index contributed by atoms with van der Waals surface area (Å²) in [6.07, 6.45) is 16.3. The number of pyridine rings is 1. The van der Waals surface area contributed by atoms with E-state index in [1.807, 2.05) is 6.07 Å². The third-order valence-electron chi connectivity index (χ3n) is 9.01. The summed E-state index contributed by atoms with van der Waals surface area (Å²) in [5, 5.41) is 34.8. The maximum absolute atomic E-state index is 11.1. The lowest BCUT2D eigenvalue weighted by Gasteiger charge is -2.22. The van der Waals surface area contributed by atoms with Crippen LogP contribution in [0.25, 0.3) is 11.0 Å². The van der Waals surface area contributed by atoms with E-state index in [4.69, 9.17) is 14.5 Å². The molecule has 5 rings (SSSR count). The van der Waals surface area contributed by atoms with Crippen LogP contribution in [-0.4, -0.2) is 70.1 Å². The Balaban J connectivity index is 0.000000242. The lowest BCUT2D eigenvalue weighted by atomic mass is 10.0. The van der Waals surface area contributed by atoms with Crippen molar-refractivity contribution in [2.24, 2.45) is 11.8 Å². The summed E-state index contributed by atoms with van der Waals surface area (Å²) < 4.78 is 10.5. The van der Waals surface area contributed by atoms with E-state index in [1.54, 1.807) is 12.1 Å². The van der Waals surface area contributed by atoms with Gasteiger partial charge in [0.15, 0.2) is 11.2 Å². The number of hydrogen-bond acceptors (Lipinski definition) is 11. The predicted molar refractivity (Wildman–Crippen MR) is 192 cm³/mol. The van der Waals surface area contributed by atoms with Gasteiger partial charge in [-0.1, -0.05) is 65.7 Å². The van der Waals surface area contributed by atoms with Gasteiger partial charge >= 0.3 is 11.7 Å². The minimum atomic E-state index is -1.01. The second-order valence-electron chi connectivity index (χ2n) is 13.8. The van der Waals surface area contributed by atoms with E-state index in [0.29, 0.717) is 41.6 Å². The number of nitro benzene ring substituents is 1. The summed E-state index contributed by atoms with van der Waals surface area (Å²) in [5.41, 5.74) is 2.17. The number of carbonyl (C=O) groups is 1. The van der Waals surface area contributed by atoms with Gasteiger partial charge in [-0.3, -0.25) is 10.1 Å². The Kier molecular flexibility index (Phi) is 15.3. The average Bonchev–Trinajstić information content (AvgIpc) is 3.50. The van der Waals surface area contributed by atoms with Crippen LogP contribution in [0.1, 0.15) is 115 Å². The third kappa shape index (κ3) is 12.4. The van der Waals surface area contributed by atoms with Crippen LogP contribution in [0, 0.1) is 22.0 Å². The number of hydrogen-bond donors (Lipinski definition) is 3. The molecule has 13 nitrogen and oxygen atoms in total. The second-order valence-corrected chi connectivity index (χ2v) is 13.8. The molecule has 1 saturated heterocycles. The highest BCUT2D eigenvalue weighted by Gasteiger charge is 2.25. The Hall–Kier alpha value is -4.00. The van der Waals surface area contributed by atoms with Gasteiger partial charge in [-0.05, 0) is 85.4 Å². The van der Waals surface area contributed by atoms with E-state index in [2.05, 4.69) is 51.6 Å². The lowest BCUT2D eigenvalue weighted by molar-refractivity contribution is -0.383.